The Hall–Kier alpha value is -1.13. The zero-order chi connectivity index (χ0) is 13.3. The molecule has 0 fully saturated rings. The molecular formula is C13H15ClN2OS. The predicted molar refractivity (Wildman–Crippen MR) is 74.8 cm³/mol. The van der Waals surface area contributed by atoms with Crippen LogP contribution in [0.3, 0.4) is 0 Å². The van der Waals surface area contributed by atoms with E-state index in [1.165, 1.54) is 0 Å². The molecule has 0 saturated heterocycles. The standard InChI is InChI=1S/C13H15ClN2OS/c1-8-4-12(13(17)9(2)14)10(3)16(8)5-11-6-18-7-15-11/h4,6-7,9H,5H2,1-3H3. The maximum absolute atomic E-state index is 12.0. The van der Waals surface area contributed by atoms with Gasteiger partial charge in [-0.1, -0.05) is 0 Å². The number of halogens is 1. The van der Waals surface area contributed by atoms with Crippen LogP contribution >= 0.6 is 22.9 Å². The fourth-order valence-electron chi connectivity index (χ4n) is 1.99. The quantitative estimate of drug-likeness (QED) is 0.636. The number of aromatic nitrogens is 2. The molecule has 0 amide bonds. The van der Waals surface area contributed by atoms with Crippen molar-refractivity contribution in [2.24, 2.45) is 0 Å². The average molecular weight is 283 g/mol. The minimum Gasteiger partial charge on any atom is -0.342 e. The van der Waals surface area contributed by atoms with Crippen LogP contribution in [0.2, 0.25) is 0 Å². The highest BCUT2D eigenvalue weighted by molar-refractivity contribution is 7.07. The van der Waals surface area contributed by atoms with Crippen LogP contribution in [0.25, 0.3) is 0 Å². The van der Waals surface area contributed by atoms with Crippen molar-refractivity contribution < 1.29 is 4.79 Å². The van der Waals surface area contributed by atoms with Crippen LogP contribution in [0.5, 0.6) is 0 Å². The minimum absolute atomic E-state index is 0.0192. The van der Waals surface area contributed by atoms with Gasteiger partial charge in [-0.25, -0.2) is 4.98 Å². The van der Waals surface area contributed by atoms with Gasteiger partial charge < -0.3 is 4.57 Å². The second-order valence-electron chi connectivity index (χ2n) is 4.33. The van der Waals surface area contributed by atoms with Gasteiger partial charge in [0.1, 0.15) is 0 Å². The molecule has 1 unspecified atom stereocenters. The van der Waals surface area contributed by atoms with Crippen LogP contribution in [-0.2, 0) is 6.54 Å². The monoisotopic (exact) mass is 282 g/mol. The Morgan fingerprint density at radius 2 is 2.28 bits per heavy atom. The predicted octanol–water partition coefficient (Wildman–Crippen LogP) is 3.42. The molecule has 0 saturated carbocycles. The summed E-state index contributed by atoms with van der Waals surface area (Å²) in [6.07, 6.45) is 0. The molecule has 0 aliphatic rings. The van der Waals surface area contributed by atoms with Gasteiger partial charge in [0.25, 0.3) is 0 Å². The number of thiazole rings is 1. The van der Waals surface area contributed by atoms with Crippen LogP contribution in [-0.4, -0.2) is 20.7 Å². The van der Waals surface area contributed by atoms with Gasteiger partial charge in [-0.15, -0.1) is 22.9 Å². The van der Waals surface area contributed by atoms with Gasteiger partial charge in [0.05, 0.1) is 23.1 Å². The Morgan fingerprint density at radius 3 is 2.83 bits per heavy atom. The van der Waals surface area contributed by atoms with E-state index in [2.05, 4.69) is 9.55 Å². The highest BCUT2D eigenvalue weighted by Crippen LogP contribution is 2.20. The molecule has 0 aromatic carbocycles. The molecule has 96 valence electrons. The minimum atomic E-state index is -0.488. The third-order valence-electron chi connectivity index (χ3n) is 3.00. The van der Waals surface area contributed by atoms with E-state index < -0.39 is 5.38 Å². The number of ketones is 1. The summed E-state index contributed by atoms with van der Waals surface area (Å²) >= 11 is 7.45. The van der Waals surface area contributed by atoms with E-state index in [4.69, 9.17) is 11.6 Å². The lowest BCUT2D eigenvalue weighted by molar-refractivity contribution is 0.0991. The second-order valence-corrected chi connectivity index (χ2v) is 5.70. The third kappa shape index (κ3) is 2.49. The number of Topliss-reactive ketones (excluding diaryl/α,β-unsaturated/α-hetero) is 1. The van der Waals surface area contributed by atoms with E-state index in [9.17, 15) is 4.79 Å². The lowest BCUT2D eigenvalue weighted by Gasteiger charge is -2.08. The molecule has 0 spiro atoms. The van der Waals surface area contributed by atoms with Crippen molar-refractivity contribution in [2.45, 2.75) is 32.7 Å². The molecule has 2 heterocycles. The lowest BCUT2D eigenvalue weighted by atomic mass is 10.1. The molecule has 2 rings (SSSR count). The van der Waals surface area contributed by atoms with Crippen molar-refractivity contribution in [3.8, 4) is 0 Å². The average Bonchev–Trinajstić information content (AvgIpc) is 2.91. The van der Waals surface area contributed by atoms with Gasteiger partial charge in [-0.2, -0.15) is 0 Å². The molecule has 0 aliphatic heterocycles. The summed E-state index contributed by atoms with van der Waals surface area (Å²) in [6, 6.07) is 1.91. The molecule has 0 N–H and O–H groups in total. The fraction of sp³-hybridized carbons (Fsp3) is 0.385. The number of alkyl halides is 1. The number of hydrogen-bond donors (Lipinski definition) is 0. The summed E-state index contributed by atoms with van der Waals surface area (Å²) in [5.41, 5.74) is 5.56. The van der Waals surface area contributed by atoms with Crippen LogP contribution in [0, 0.1) is 13.8 Å². The van der Waals surface area contributed by atoms with E-state index in [0.29, 0.717) is 12.1 Å². The molecular weight excluding hydrogens is 268 g/mol. The highest BCUT2D eigenvalue weighted by Gasteiger charge is 2.19. The normalized spacial score (nSPS) is 12.7. The second kappa shape index (κ2) is 5.24. The topological polar surface area (TPSA) is 34.9 Å². The molecule has 18 heavy (non-hydrogen) atoms. The smallest absolute Gasteiger partial charge is 0.182 e. The molecule has 1 atom stereocenters. The molecule has 2 aromatic rings. The summed E-state index contributed by atoms with van der Waals surface area (Å²) in [7, 11) is 0. The zero-order valence-corrected chi connectivity index (χ0v) is 12.2. The van der Waals surface area contributed by atoms with E-state index >= 15 is 0 Å². The van der Waals surface area contributed by atoms with Crippen molar-refractivity contribution in [1.29, 1.82) is 0 Å². The first-order chi connectivity index (χ1) is 8.50. The van der Waals surface area contributed by atoms with Crippen molar-refractivity contribution in [1.82, 2.24) is 9.55 Å². The first kappa shape index (κ1) is 13.3. The molecule has 0 radical (unpaired) electrons. The summed E-state index contributed by atoms with van der Waals surface area (Å²) in [5.74, 6) is -0.0192. The van der Waals surface area contributed by atoms with Crippen molar-refractivity contribution in [3.63, 3.8) is 0 Å². The first-order valence-corrected chi connectivity index (χ1v) is 7.10. The Kier molecular flexibility index (Phi) is 3.88. The number of carbonyl (C=O) groups is 1. The first-order valence-electron chi connectivity index (χ1n) is 5.72. The Labute approximate surface area is 115 Å². The molecule has 0 bridgehead atoms. The summed E-state index contributed by atoms with van der Waals surface area (Å²) in [5, 5.41) is 1.53. The molecule has 3 nitrogen and oxygen atoms in total. The largest absolute Gasteiger partial charge is 0.342 e. The molecule has 0 aliphatic carbocycles. The van der Waals surface area contributed by atoms with Crippen LogP contribution < -0.4 is 0 Å². The van der Waals surface area contributed by atoms with E-state index in [1.54, 1.807) is 18.3 Å². The molecule has 5 heteroatoms. The van der Waals surface area contributed by atoms with Gasteiger partial charge in [0.2, 0.25) is 0 Å². The maximum atomic E-state index is 12.0. The number of hydrogen-bond acceptors (Lipinski definition) is 3. The number of aryl methyl sites for hydroxylation is 1. The Balaban J connectivity index is 2.35. The van der Waals surface area contributed by atoms with Gasteiger partial charge in [0.15, 0.2) is 5.78 Å². The van der Waals surface area contributed by atoms with E-state index in [1.807, 2.05) is 30.8 Å². The van der Waals surface area contributed by atoms with E-state index in [-0.39, 0.29) is 5.78 Å². The van der Waals surface area contributed by atoms with Crippen LogP contribution in [0.15, 0.2) is 17.0 Å². The Morgan fingerprint density at radius 1 is 1.56 bits per heavy atom. The number of rotatable bonds is 4. The van der Waals surface area contributed by atoms with Crippen molar-refractivity contribution >= 4 is 28.7 Å². The van der Waals surface area contributed by atoms with Gasteiger partial charge in [0, 0.05) is 22.3 Å². The summed E-state index contributed by atoms with van der Waals surface area (Å²) in [6.45, 7) is 6.35. The number of carbonyl (C=O) groups excluding carboxylic acids is 1. The van der Waals surface area contributed by atoms with Crippen LogP contribution in [0.1, 0.15) is 34.4 Å². The Bertz CT molecular complexity index is 558. The summed E-state index contributed by atoms with van der Waals surface area (Å²) < 4.78 is 2.10. The van der Waals surface area contributed by atoms with Crippen LogP contribution in [0.4, 0.5) is 0 Å². The fourth-order valence-corrected chi connectivity index (χ4v) is 2.65. The molecule has 2 aromatic heterocycles. The van der Waals surface area contributed by atoms with E-state index in [0.717, 1.165) is 17.1 Å². The zero-order valence-electron chi connectivity index (χ0n) is 10.6. The highest BCUT2D eigenvalue weighted by atomic mass is 35.5. The van der Waals surface area contributed by atoms with Gasteiger partial charge >= 0.3 is 0 Å². The SMILES string of the molecule is Cc1cc(C(=O)C(C)Cl)c(C)n1Cc1cscn1. The van der Waals surface area contributed by atoms with Crippen molar-refractivity contribution in [3.05, 3.63) is 39.6 Å². The maximum Gasteiger partial charge on any atom is 0.182 e. The number of nitrogens with zero attached hydrogens (tertiary/aromatic N) is 2. The lowest BCUT2D eigenvalue weighted by Crippen LogP contribution is -2.12. The van der Waals surface area contributed by atoms with Gasteiger partial charge in [-0.3, -0.25) is 4.79 Å². The summed E-state index contributed by atoms with van der Waals surface area (Å²) in [4.78, 5) is 16.2. The third-order valence-corrected chi connectivity index (χ3v) is 3.84. The van der Waals surface area contributed by atoms with Crippen molar-refractivity contribution in [2.75, 3.05) is 0 Å². The van der Waals surface area contributed by atoms with Gasteiger partial charge in [-0.05, 0) is 26.8 Å².